The van der Waals surface area contributed by atoms with Crippen LogP contribution < -0.4 is 33.3 Å². The number of aromatic nitrogens is 2. The molecule has 0 spiro atoms. The Labute approximate surface area is 168 Å². The standard InChI is InChI=1S/C18H19FN6O5/c1-2-3-9(7-22-17(29)13-12(20)16(28)25-18(30)24-13)23-15(27)10-6-8(14(21)26)4-5-11(10)19/h2,4-6,9H,1,3,7,20H2,(H2,21,26)(H,22,29)(H,23,27)(H2,24,25,28,30). The highest BCUT2D eigenvalue weighted by molar-refractivity contribution is 5.99. The maximum Gasteiger partial charge on any atom is 0.326 e. The minimum Gasteiger partial charge on any atom is -0.392 e. The Morgan fingerprint density at radius 1 is 1.20 bits per heavy atom. The number of hydrogen-bond acceptors (Lipinski definition) is 6. The normalized spacial score (nSPS) is 11.4. The molecular weight excluding hydrogens is 399 g/mol. The zero-order valence-electron chi connectivity index (χ0n) is 15.6. The zero-order valence-corrected chi connectivity index (χ0v) is 15.6. The summed E-state index contributed by atoms with van der Waals surface area (Å²) < 4.78 is 14.0. The van der Waals surface area contributed by atoms with E-state index < -0.39 is 57.8 Å². The predicted octanol–water partition coefficient (Wildman–Crippen LogP) is -1.01. The molecule has 0 aliphatic rings. The fourth-order valence-corrected chi connectivity index (χ4v) is 2.49. The van der Waals surface area contributed by atoms with Crippen molar-refractivity contribution in [3.8, 4) is 0 Å². The molecule has 2 aromatic rings. The molecule has 0 saturated carbocycles. The molecule has 3 amide bonds. The number of H-pyrrole nitrogens is 2. The van der Waals surface area contributed by atoms with Crippen LogP contribution in [0.4, 0.5) is 10.1 Å². The summed E-state index contributed by atoms with van der Waals surface area (Å²) in [5.74, 6) is -3.40. The van der Waals surface area contributed by atoms with E-state index in [1.54, 1.807) is 0 Å². The Balaban J connectivity index is 2.14. The molecule has 1 atom stereocenters. The average Bonchev–Trinajstić information content (AvgIpc) is 2.68. The van der Waals surface area contributed by atoms with Gasteiger partial charge in [-0.15, -0.1) is 6.58 Å². The van der Waals surface area contributed by atoms with Crippen LogP contribution >= 0.6 is 0 Å². The van der Waals surface area contributed by atoms with Gasteiger partial charge in [-0.25, -0.2) is 9.18 Å². The summed E-state index contributed by atoms with van der Waals surface area (Å²) in [6.07, 6.45) is 1.64. The van der Waals surface area contributed by atoms with Crippen LogP contribution in [0.25, 0.3) is 0 Å². The fourth-order valence-electron chi connectivity index (χ4n) is 2.49. The van der Waals surface area contributed by atoms with Gasteiger partial charge >= 0.3 is 5.69 Å². The van der Waals surface area contributed by atoms with E-state index in [1.807, 2.05) is 4.98 Å². The van der Waals surface area contributed by atoms with E-state index in [0.29, 0.717) is 0 Å². The maximum atomic E-state index is 14.0. The first kappa shape index (κ1) is 22.1. The Kier molecular flexibility index (Phi) is 6.86. The first-order chi connectivity index (χ1) is 14.1. The van der Waals surface area contributed by atoms with Gasteiger partial charge in [-0.3, -0.25) is 24.2 Å². The highest BCUT2D eigenvalue weighted by Gasteiger charge is 2.20. The molecule has 0 radical (unpaired) electrons. The molecule has 1 aromatic carbocycles. The molecule has 0 aliphatic heterocycles. The zero-order chi connectivity index (χ0) is 22.4. The summed E-state index contributed by atoms with van der Waals surface area (Å²) >= 11 is 0. The van der Waals surface area contributed by atoms with Crippen LogP contribution in [0.3, 0.4) is 0 Å². The molecule has 0 saturated heterocycles. The summed E-state index contributed by atoms with van der Waals surface area (Å²) in [7, 11) is 0. The number of carbonyl (C=O) groups is 3. The minimum atomic E-state index is -0.926. The molecule has 0 bridgehead atoms. The van der Waals surface area contributed by atoms with Gasteiger partial charge in [0.05, 0.1) is 5.56 Å². The number of carbonyl (C=O) groups excluding carboxylic acids is 3. The molecular formula is C18H19FN6O5. The number of aromatic amines is 2. The van der Waals surface area contributed by atoms with Crippen LogP contribution in [0.5, 0.6) is 0 Å². The second-order valence-corrected chi connectivity index (χ2v) is 6.16. The van der Waals surface area contributed by atoms with Crippen LogP contribution in [-0.4, -0.2) is 40.3 Å². The van der Waals surface area contributed by atoms with Crippen LogP contribution in [0, 0.1) is 5.82 Å². The number of primary amides is 1. The maximum absolute atomic E-state index is 14.0. The Bertz CT molecular complexity index is 1120. The number of hydrogen-bond donors (Lipinski definition) is 6. The minimum absolute atomic E-state index is 0.0520. The number of rotatable bonds is 8. The number of amides is 3. The van der Waals surface area contributed by atoms with Gasteiger partial charge in [-0.05, 0) is 24.6 Å². The monoisotopic (exact) mass is 418 g/mol. The van der Waals surface area contributed by atoms with Crippen molar-refractivity contribution in [1.29, 1.82) is 0 Å². The summed E-state index contributed by atoms with van der Waals surface area (Å²) in [6.45, 7) is 3.38. The van der Waals surface area contributed by atoms with Crippen LogP contribution in [0.1, 0.15) is 37.6 Å². The van der Waals surface area contributed by atoms with Gasteiger partial charge in [0.15, 0.2) is 0 Å². The highest BCUT2D eigenvalue weighted by atomic mass is 19.1. The third kappa shape index (κ3) is 5.19. The molecule has 158 valence electrons. The molecule has 0 fully saturated rings. The number of nitrogen functional groups attached to an aromatic ring is 1. The number of nitrogens with one attached hydrogen (secondary N) is 4. The summed E-state index contributed by atoms with van der Waals surface area (Å²) in [5, 5.41) is 4.91. The largest absolute Gasteiger partial charge is 0.392 e. The molecule has 8 N–H and O–H groups in total. The topological polar surface area (TPSA) is 193 Å². The quantitative estimate of drug-likeness (QED) is 0.297. The first-order valence-corrected chi connectivity index (χ1v) is 8.55. The van der Waals surface area contributed by atoms with Crippen molar-refractivity contribution in [2.45, 2.75) is 12.5 Å². The molecule has 12 heteroatoms. The number of nitrogens with two attached hydrogens (primary N) is 2. The van der Waals surface area contributed by atoms with Crippen molar-refractivity contribution >= 4 is 23.4 Å². The van der Waals surface area contributed by atoms with Crippen molar-refractivity contribution in [3.63, 3.8) is 0 Å². The lowest BCUT2D eigenvalue weighted by molar-refractivity contribution is 0.0904. The first-order valence-electron chi connectivity index (χ1n) is 8.55. The summed E-state index contributed by atoms with van der Waals surface area (Å²) in [5.41, 5.74) is 7.40. The smallest absolute Gasteiger partial charge is 0.326 e. The Hall–Kier alpha value is -4.22. The summed E-state index contributed by atoms with van der Waals surface area (Å²) in [4.78, 5) is 62.7. The van der Waals surface area contributed by atoms with Crippen LogP contribution in [-0.2, 0) is 0 Å². The highest BCUT2D eigenvalue weighted by Crippen LogP contribution is 2.11. The second kappa shape index (κ2) is 9.32. The van der Waals surface area contributed by atoms with E-state index >= 15 is 0 Å². The molecule has 1 aromatic heterocycles. The van der Waals surface area contributed by atoms with Gasteiger partial charge in [-0.1, -0.05) is 6.08 Å². The molecule has 1 heterocycles. The van der Waals surface area contributed by atoms with E-state index in [-0.39, 0.29) is 18.5 Å². The summed E-state index contributed by atoms with van der Waals surface area (Å²) in [6, 6.07) is 2.36. The Morgan fingerprint density at radius 2 is 1.90 bits per heavy atom. The molecule has 30 heavy (non-hydrogen) atoms. The van der Waals surface area contributed by atoms with Gasteiger partial charge < -0.3 is 27.1 Å². The average molecular weight is 418 g/mol. The van der Waals surface area contributed by atoms with Crippen molar-refractivity contribution in [2.24, 2.45) is 5.73 Å². The SMILES string of the molecule is C=CCC(CNC(=O)c1[nH]c(=O)[nH]c(=O)c1N)NC(=O)c1cc(C(N)=O)ccc1F. The van der Waals surface area contributed by atoms with Gasteiger partial charge in [0.1, 0.15) is 17.2 Å². The predicted molar refractivity (Wildman–Crippen MR) is 105 cm³/mol. The lowest BCUT2D eigenvalue weighted by Crippen LogP contribution is -2.44. The molecule has 11 nitrogen and oxygen atoms in total. The number of anilines is 1. The lowest BCUT2D eigenvalue weighted by atomic mass is 10.1. The number of halogens is 1. The second-order valence-electron chi connectivity index (χ2n) is 6.16. The molecule has 1 unspecified atom stereocenters. The number of benzene rings is 1. The lowest BCUT2D eigenvalue weighted by Gasteiger charge is -2.18. The van der Waals surface area contributed by atoms with Crippen molar-refractivity contribution < 1.29 is 18.8 Å². The van der Waals surface area contributed by atoms with Gasteiger partial charge in [0.25, 0.3) is 17.4 Å². The van der Waals surface area contributed by atoms with E-state index in [9.17, 15) is 28.4 Å². The van der Waals surface area contributed by atoms with E-state index in [4.69, 9.17) is 11.5 Å². The van der Waals surface area contributed by atoms with Gasteiger partial charge in [0, 0.05) is 18.2 Å². The van der Waals surface area contributed by atoms with Crippen LogP contribution in [0.15, 0.2) is 40.4 Å². The van der Waals surface area contributed by atoms with Crippen molar-refractivity contribution in [3.05, 3.63) is 74.3 Å². The van der Waals surface area contributed by atoms with Crippen molar-refractivity contribution in [2.75, 3.05) is 12.3 Å². The third-order valence-electron chi connectivity index (χ3n) is 4.00. The molecule has 2 rings (SSSR count). The third-order valence-corrected chi connectivity index (χ3v) is 4.00. The van der Waals surface area contributed by atoms with E-state index in [0.717, 1.165) is 18.2 Å². The Morgan fingerprint density at radius 3 is 2.53 bits per heavy atom. The van der Waals surface area contributed by atoms with Gasteiger partial charge in [0.2, 0.25) is 5.91 Å². The fraction of sp³-hybridized carbons (Fsp3) is 0.167. The van der Waals surface area contributed by atoms with Crippen molar-refractivity contribution in [1.82, 2.24) is 20.6 Å². The van der Waals surface area contributed by atoms with E-state index in [2.05, 4.69) is 22.2 Å². The van der Waals surface area contributed by atoms with E-state index in [1.165, 1.54) is 6.08 Å². The van der Waals surface area contributed by atoms with Gasteiger partial charge in [-0.2, -0.15) is 0 Å². The molecule has 0 aliphatic carbocycles. The van der Waals surface area contributed by atoms with Crippen LogP contribution in [0.2, 0.25) is 0 Å².